The van der Waals surface area contributed by atoms with Crippen LogP contribution in [0.4, 0.5) is 0 Å². The lowest BCUT2D eigenvalue weighted by Crippen LogP contribution is -2.28. The average Bonchev–Trinajstić information content (AvgIpc) is 2.24. The molecule has 0 aromatic heterocycles. The number of esters is 1. The van der Waals surface area contributed by atoms with Crippen LogP contribution >= 0.6 is 0 Å². The van der Waals surface area contributed by atoms with Gasteiger partial charge < -0.3 is 9.47 Å². The van der Waals surface area contributed by atoms with Gasteiger partial charge in [-0.3, -0.25) is 4.79 Å². The fraction of sp³-hybridized carbons (Fsp3) is 0.471. The highest BCUT2D eigenvalue weighted by molar-refractivity contribution is 5.67. The topological polar surface area (TPSA) is 35.5 Å². The molecule has 0 aliphatic carbocycles. The van der Waals surface area contributed by atoms with Crippen LogP contribution in [0, 0.1) is 0 Å². The molecule has 0 unspecified atom stereocenters. The summed E-state index contributed by atoms with van der Waals surface area (Å²) in [6.45, 7) is 18.4. The summed E-state index contributed by atoms with van der Waals surface area (Å²) in [5, 5.41) is 0. The molecule has 112 valence electrons. The lowest BCUT2D eigenvalue weighted by molar-refractivity contribution is -0.150. The minimum atomic E-state index is -0.738. The van der Waals surface area contributed by atoms with Crippen molar-refractivity contribution in [2.24, 2.45) is 0 Å². The molecule has 3 nitrogen and oxygen atoms in total. The van der Waals surface area contributed by atoms with E-state index in [4.69, 9.17) is 9.47 Å². The van der Waals surface area contributed by atoms with Crippen molar-refractivity contribution in [2.75, 3.05) is 0 Å². The van der Waals surface area contributed by atoms with E-state index in [1.807, 2.05) is 40.7 Å². The van der Waals surface area contributed by atoms with Crippen molar-refractivity contribution in [2.45, 2.75) is 52.7 Å². The van der Waals surface area contributed by atoms with E-state index < -0.39 is 5.60 Å². The predicted octanol–water partition coefficient (Wildman–Crippen LogP) is 4.33. The van der Waals surface area contributed by atoms with Crippen molar-refractivity contribution in [1.29, 1.82) is 0 Å². The van der Waals surface area contributed by atoms with Gasteiger partial charge in [-0.1, -0.05) is 25.3 Å². The first kappa shape index (κ1) is 18.2. The Morgan fingerprint density at radius 3 is 1.85 bits per heavy atom. The van der Waals surface area contributed by atoms with Gasteiger partial charge >= 0.3 is 5.97 Å². The van der Waals surface area contributed by atoms with E-state index in [0.717, 1.165) is 5.57 Å². The molecule has 0 rings (SSSR count). The Morgan fingerprint density at radius 1 is 0.950 bits per heavy atom. The standard InChI is InChI=1S/C17H26O3/c1-9-14(17(7,8)19-13(3)18)11-12-15(10-2)20-16(4,5)6/h9-12H,1-2H2,3-8H3/b14-11+,15-12+. The quantitative estimate of drug-likeness (QED) is 0.412. The maximum Gasteiger partial charge on any atom is 0.303 e. The van der Waals surface area contributed by atoms with Crippen LogP contribution in [0.2, 0.25) is 0 Å². The van der Waals surface area contributed by atoms with E-state index in [9.17, 15) is 4.79 Å². The van der Waals surface area contributed by atoms with Crippen molar-refractivity contribution in [3.05, 3.63) is 48.8 Å². The van der Waals surface area contributed by atoms with Crippen LogP contribution in [-0.4, -0.2) is 17.2 Å². The van der Waals surface area contributed by atoms with E-state index in [1.165, 1.54) is 6.92 Å². The molecule has 0 spiro atoms. The summed E-state index contributed by atoms with van der Waals surface area (Å²) in [5.74, 6) is 0.317. The Balaban J connectivity index is 5.28. The largest absolute Gasteiger partial charge is 0.488 e. The van der Waals surface area contributed by atoms with Crippen LogP contribution < -0.4 is 0 Å². The fourth-order valence-electron chi connectivity index (χ4n) is 1.60. The van der Waals surface area contributed by atoms with Crippen LogP contribution in [0.25, 0.3) is 0 Å². The molecule has 0 amide bonds. The van der Waals surface area contributed by atoms with E-state index >= 15 is 0 Å². The van der Waals surface area contributed by atoms with Gasteiger partial charge in [-0.05, 0) is 52.3 Å². The molecule has 0 radical (unpaired) electrons. The van der Waals surface area contributed by atoms with E-state index in [-0.39, 0.29) is 11.6 Å². The van der Waals surface area contributed by atoms with Crippen molar-refractivity contribution in [3.8, 4) is 0 Å². The highest BCUT2D eigenvalue weighted by Gasteiger charge is 2.24. The third-order valence-corrected chi connectivity index (χ3v) is 2.37. The highest BCUT2D eigenvalue weighted by Crippen LogP contribution is 2.23. The van der Waals surface area contributed by atoms with E-state index in [0.29, 0.717) is 5.76 Å². The second-order valence-corrected chi connectivity index (χ2v) is 5.92. The molecule has 0 aromatic rings. The van der Waals surface area contributed by atoms with Crippen LogP contribution in [0.5, 0.6) is 0 Å². The fourth-order valence-corrected chi connectivity index (χ4v) is 1.60. The summed E-state index contributed by atoms with van der Waals surface area (Å²) < 4.78 is 11.0. The smallest absolute Gasteiger partial charge is 0.303 e. The number of hydrogen-bond donors (Lipinski definition) is 0. The van der Waals surface area contributed by atoms with Gasteiger partial charge in [0.15, 0.2) is 0 Å². The van der Waals surface area contributed by atoms with Gasteiger partial charge in [0.05, 0.1) is 0 Å². The third-order valence-electron chi connectivity index (χ3n) is 2.37. The van der Waals surface area contributed by atoms with Crippen molar-refractivity contribution < 1.29 is 14.3 Å². The zero-order chi connectivity index (χ0) is 16.0. The first-order valence-electron chi connectivity index (χ1n) is 6.58. The van der Waals surface area contributed by atoms with Crippen LogP contribution in [0.15, 0.2) is 48.8 Å². The number of hydrogen-bond acceptors (Lipinski definition) is 3. The molecule has 0 aliphatic rings. The van der Waals surface area contributed by atoms with Gasteiger partial charge in [0, 0.05) is 6.92 Å². The molecule has 3 heteroatoms. The minimum Gasteiger partial charge on any atom is -0.488 e. The van der Waals surface area contributed by atoms with Gasteiger partial charge in [0.2, 0.25) is 0 Å². The first-order valence-corrected chi connectivity index (χ1v) is 6.58. The van der Waals surface area contributed by atoms with E-state index in [1.54, 1.807) is 18.2 Å². The maximum atomic E-state index is 11.1. The molecule has 0 saturated heterocycles. The number of ether oxygens (including phenoxy) is 2. The second-order valence-electron chi connectivity index (χ2n) is 5.92. The highest BCUT2D eigenvalue weighted by atomic mass is 16.6. The lowest BCUT2D eigenvalue weighted by atomic mass is 9.97. The van der Waals surface area contributed by atoms with Crippen LogP contribution in [0.1, 0.15) is 41.5 Å². The summed E-state index contributed by atoms with van der Waals surface area (Å²) in [4.78, 5) is 11.1. The second kappa shape index (κ2) is 7.13. The minimum absolute atomic E-state index is 0.298. The Hall–Kier alpha value is -1.77. The lowest BCUT2D eigenvalue weighted by Gasteiger charge is -2.26. The molecule has 0 heterocycles. The molecule has 0 fully saturated rings. The van der Waals surface area contributed by atoms with Gasteiger partial charge in [0.25, 0.3) is 0 Å². The molecule has 0 saturated carbocycles. The van der Waals surface area contributed by atoms with Crippen molar-refractivity contribution in [3.63, 3.8) is 0 Å². The predicted molar refractivity (Wildman–Crippen MR) is 83.2 cm³/mol. The van der Waals surface area contributed by atoms with Crippen molar-refractivity contribution in [1.82, 2.24) is 0 Å². The molecular formula is C17H26O3. The van der Waals surface area contributed by atoms with E-state index in [2.05, 4.69) is 13.2 Å². The Labute approximate surface area is 122 Å². The third kappa shape index (κ3) is 6.98. The first-order chi connectivity index (χ1) is 9.01. The van der Waals surface area contributed by atoms with Crippen LogP contribution in [-0.2, 0) is 14.3 Å². The Kier molecular flexibility index (Phi) is 6.50. The Morgan fingerprint density at radius 2 is 1.50 bits per heavy atom. The molecule has 0 N–H and O–H groups in total. The maximum absolute atomic E-state index is 11.1. The molecular weight excluding hydrogens is 252 g/mol. The van der Waals surface area contributed by atoms with Crippen LogP contribution in [0.3, 0.4) is 0 Å². The summed E-state index contributed by atoms with van der Waals surface area (Å²) >= 11 is 0. The number of rotatable bonds is 6. The number of carbonyl (C=O) groups is 1. The molecule has 0 atom stereocenters. The molecule has 0 aromatic carbocycles. The summed E-state index contributed by atoms with van der Waals surface area (Å²) in [6, 6.07) is 0. The normalized spacial score (nSPS) is 13.7. The van der Waals surface area contributed by atoms with Gasteiger partial charge in [-0.15, -0.1) is 0 Å². The van der Waals surface area contributed by atoms with Gasteiger partial charge in [0.1, 0.15) is 17.0 Å². The SMILES string of the molecule is C=C/C(=C\C=C(/C=C)C(C)(C)OC(C)=O)OC(C)(C)C. The average molecular weight is 278 g/mol. The summed E-state index contributed by atoms with van der Waals surface area (Å²) in [6.07, 6.45) is 6.91. The zero-order valence-corrected chi connectivity index (χ0v) is 13.4. The van der Waals surface area contributed by atoms with Gasteiger partial charge in [-0.2, -0.15) is 0 Å². The zero-order valence-electron chi connectivity index (χ0n) is 13.4. The number of allylic oxidation sites excluding steroid dienone is 3. The summed E-state index contributed by atoms with van der Waals surface area (Å²) in [7, 11) is 0. The number of carbonyl (C=O) groups excluding carboxylic acids is 1. The Bertz CT molecular complexity index is 432. The monoisotopic (exact) mass is 278 g/mol. The van der Waals surface area contributed by atoms with Crippen molar-refractivity contribution >= 4 is 5.97 Å². The van der Waals surface area contributed by atoms with Gasteiger partial charge in [-0.25, -0.2) is 0 Å². The molecule has 0 aliphatic heterocycles. The molecule has 0 bridgehead atoms. The summed E-state index contributed by atoms with van der Waals surface area (Å²) in [5.41, 5.74) is -0.254. The molecule has 20 heavy (non-hydrogen) atoms.